The van der Waals surface area contributed by atoms with E-state index >= 15 is 0 Å². The lowest BCUT2D eigenvalue weighted by molar-refractivity contribution is -0.153. The first-order valence-electron chi connectivity index (χ1n) is 4.61. The van der Waals surface area contributed by atoms with E-state index in [9.17, 15) is 18.0 Å². The molecule has 16 heavy (non-hydrogen) atoms. The zero-order chi connectivity index (χ0) is 12.3. The van der Waals surface area contributed by atoms with Crippen LogP contribution in [0.4, 0.5) is 13.2 Å². The van der Waals surface area contributed by atoms with Crippen molar-refractivity contribution in [2.75, 3.05) is 6.61 Å². The number of aryl methyl sites for hydroxylation is 1. The van der Waals surface area contributed by atoms with E-state index in [0.29, 0.717) is 0 Å². The Kier molecular flexibility index (Phi) is 3.57. The molecule has 1 aromatic carbocycles. The molecule has 0 heterocycles. The van der Waals surface area contributed by atoms with E-state index in [1.807, 2.05) is 0 Å². The number of ketones is 1. The number of benzene rings is 1. The Labute approximate surface area is 91.0 Å². The standard InChI is InChI=1S/C11H11F3O2/c1-7-3-4-9(8(2)15)10(5-7)16-6-11(12,13)14/h3-5H,6H2,1-2H3. The first-order chi connectivity index (χ1) is 7.29. The second kappa shape index (κ2) is 4.55. The minimum atomic E-state index is -4.40. The highest BCUT2D eigenvalue weighted by Crippen LogP contribution is 2.23. The fraction of sp³-hybridized carbons (Fsp3) is 0.364. The van der Waals surface area contributed by atoms with Crippen LogP contribution in [0.2, 0.25) is 0 Å². The van der Waals surface area contributed by atoms with Gasteiger partial charge in [0, 0.05) is 0 Å². The van der Waals surface area contributed by atoms with Crippen molar-refractivity contribution in [1.29, 1.82) is 0 Å². The summed E-state index contributed by atoms with van der Waals surface area (Å²) in [5.74, 6) is -0.345. The maximum Gasteiger partial charge on any atom is 0.422 e. The third kappa shape index (κ3) is 3.56. The highest BCUT2D eigenvalue weighted by atomic mass is 19.4. The van der Waals surface area contributed by atoms with Crippen molar-refractivity contribution in [3.63, 3.8) is 0 Å². The molecule has 0 radical (unpaired) electrons. The average molecular weight is 232 g/mol. The van der Waals surface area contributed by atoms with Gasteiger partial charge in [-0.2, -0.15) is 13.2 Å². The summed E-state index contributed by atoms with van der Waals surface area (Å²) in [6.45, 7) is 1.60. The summed E-state index contributed by atoms with van der Waals surface area (Å²) in [6, 6.07) is 4.53. The summed E-state index contributed by atoms with van der Waals surface area (Å²) in [4.78, 5) is 11.1. The van der Waals surface area contributed by atoms with Crippen LogP contribution < -0.4 is 4.74 Å². The van der Waals surface area contributed by atoms with E-state index in [4.69, 9.17) is 0 Å². The molecule has 1 aromatic rings. The fourth-order valence-electron chi connectivity index (χ4n) is 1.20. The van der Waals surface area contributed by atoms with Crippen molar-refractivity contribution in [2.45, 2.75) is 20.0 Å². The summed E-state index contributed by atoms with van der Waals surface area (Å²) in [7, 11) is 0. The summed E-state index contributed by atoms with van der Waals surface area (Å²) < 4.78 is 40.5. The molecular formula is C11H11F3O2. The summed E-state index contributed by atoms with van der Waals surface area (Å²) in [5.41, 5.74) is 0.900. The van der Waals surface area contributed by atoms with E-state index < -0.39 is 12.8 Å². The van der Waals surface area contributed by atoms with Gasteiger partial charge in [-0.3, -0.25) is 4.79 Å². The van der Waals surface area contributed by atoms with Gasteiger partial charge in [0.2, 0.25) is 0 Å². The maximum atomic E-state index is 12.0. The smallest absolute Gasteiger partial charge is 0.422 e. The van der Waals surface area contributed by atoms with Gasteiger partial charge in [0.1, 0.15) is 5.75 Å². The van der Waals surface area contributed by atoms with Crippen molar-refractivity contribution in [2.24, 2.45) is 0 Å². The molecule has 0 atom stereocenters. The number of ether oxygens (including phenoxy) is 1. The molecule has 0 aliphatic heterocycles. The minimum absolute atomic E-state index is 0.0233. The molecule has 0 aliphatic carbocycles. The molecular weight excluding hydrogens is 221 g/mol. The predicted octanol–water partition coefficient (Wildman–Crippen LogP) is 3.14. The second-order valence-corrected chi connectivity index (χ2v) is 3.46. The largest absolute Gasteiger partial charge is 0.483 e. The molecule has 0 aromatic heterocycles. The summed E-state index contributed by atoms with van der Waals surface area (Å²) >= 11 is 0. The summed E-state index contributed by atoms with van der Waals surface area (Å²) in [5, 5.41) is 0. The number of alkyl halides is 3. The Morgan fingerprint density at radius 2 is 2.00 bits per heavy atom. The van der Waals surface area contributed by atoms with Crippen LogP contribution in [0.25, 0.3) is 0 Å². The number of rotatable bonds is 3. The molecule has 0 aliphatic rings. The Morgan fingerprint density at radius 1 is 1.38 bits per heavy atom. The molecule has 0 saturated heterocycles. The van der Waals surface area contributed by atoms with Crippen LogP contribution in [0.5, 0.6) is 5.75 Å². The molecule has 0 unspecified atom stereocenters. The third-order valence-corrected chi connectivity index (χ3v) is 1.91. The molecule has 88 valence electrons. The van der Waals surface area contributed by atoms with Crippen LogP contribution in [-0.2, 0) is 0 Å². The van der Waals surface area contributed by atoms with Crippen molar-refractivity contribution >= 4 is 5.78 Å². The quantitative estimate of drug-likeness (QED) is 0.748. The van der Waals surface area contributed by atoms with Crippen molar-refractivity contribution < 1.29 is 22.7 Å². The van der Waals surface area contributed by atoms with Gasteiger partial charge in [-0.1, -0.05) is 6.07 Å². The third-order valence-electron chi connectivity index (χ3n) is 1.91. The predicted molar refractivity (Wildman–Crippen MR) is 52.7 cm³/mol. The van der Waals surface area contributed by atoms with Crippen LogP contribution >= 0.6 is 0 Å². The van der Waals surface area contributed by atoms with Crippen LogP contribution in [0, 0.1) is 6.92 Å². The lowest BCUT2D eigenvalue weighted by Gasteiger charge is -2.12. The lowest BCUT2D eigenvalue weighted by atomic mass is 10.1. The normalized spacial score (nSPS) is 11.3. The number of hydrogen-bond donors (Lipinski definition) is 0. The van der Waals surface area contributed by atoms with E-state index in [2.05, 4.69) is 4.74 Å². The number of Topliss-reactive ketones (excluding diaryl/α,β-unsaturated/α-hetero) is 1. The Morgan fingerprint density at radius 3 is 2.50 bits per heavy atom. The van der Waals surface area contributed by atoms with Gasteiger partial charge in [-0.15, -0.1) is 0 Å². The van der Waals surface area contributed by atoms with Gasteiger partial charge in [0.05, 0.1) is 5.56 Å². The topological polar surface area (TPSA) is 26.3 Å². The molecule has 0 spiro atoms. The van der Waals surface area contributed by atoms with E-state index in [1.165, 1.54) is 19.1 Å². The summed E-state index contributed by atoms with van der Waals surface area (Å²) in [6.07, 6.45) is -4.40. The Bertz CT molecular complexity index is 397. The molecule has 0 N–H and O–H groups in total. The van der Waals surface area contributed by atoms with Crippen LogP contribution in [0.1, 0.15) is 22.8 Å². The molecule has 0 amide bonds. The average Bonchev–Trinajstić information content (AvgIpc) is 2.13. The van der Waals surface area contributed by atoms with Crippen LogP contribution in [0.3, 0.4) is 0 Å². The molecule has 5 heteroatoms. The van der Waals surface area contributed by atoms with E-state index in [1.54, 1.807) is 13.0 Å². The van der Waals surface area contributed by atoms with Crippen molar-refractivity contribution in [3.8, 4) is 5.75 Å². The van der Waals surface area contributed by atoms with E-state index in [0.717, 1.165) is 5.56 Å². The zero-order valence-corrected chi connectivity index (χ0v) is 8.89. The number of carbonyl (C=O) groups excluding carboxylic acids is 1. The number of carbonyl (C=O) groups is 1. The molecule has 0 bridgehead atoms. The molecule has 0 fully saturated rings. The van der Waals surface area contributed by atoms with Crippen LogP contribution in [0.15, 0.2) is 18.2 Å². The van der Waals surface area contributed by atoms with Gasteiger partial charge >= 0.3 is 6.18 Å². The fourth-order valence-corrected chi connectivity index (χ4v) is 1.20. The van der Waals surface area contributed by atoms with Crippen molar-refractivity contribution in [3.05, 3.63) is 29.3 Å². The van der Waals surface area contributed by atoms with Gasteiger partial charge in [-0.05, 0) is 31.5 Å². The van der Waals surface area contributed by atoms with E-state index in [-0.39, 0.29) is 17.1 Å². The Balaban J connectivity index is 2.93. The van der Waals surface area contributed by atoms with Gasteiger partial charge in [0.25, 0.3) is 0 Å². The highest BCUT2D eigenvalue weighted by Gasteiger charge is 2.29. The minimum Gasteiger partial charge on any atom is -0.483 e. The molecule has 1 rings (SSSR count). The monoisotopic (exact) mass is 232 g/mol. The van der Waals surface area contributed by atoms with Crippen molar-refractivity contribution in [1.82, 2.24) is 0 Å². The molecule has 0 saturated carbocycles. The Hall–Kier alpha value is -1.52. The first kappa shape index (κ1) is 12.5. The van der Waals surface area contributed by atoms with Gasteiger partial charge in [0.15, 0.2) is 12.4 Å². The first-order valence-corrected chi connectivity index (χ1v) is 4.61. The molecule has 2 nitrogen and oxygen atoms in total. The van der Waals surface area contributed by atoms with Gasteiger partial charge in [-0.25, -0.2) is 0 Å². The lowest BCUT2D eigenvalue weighted by Crippen LogP contribution is -2.20. The number of hydrogen-bond acceptors (Lipinski definition) is 2. The second-order valence-electron chi connectivity index (χ2n) is 3.46. The number of halogens is 3. The van der Waals surface area contributed by atoms with Gasteiger partial charge < -0.3 is 4.74 Å². The zero-order valence-electron chi connectivity index (χ0n) is 8.89. The van der Waals surface area contributed by atoms with Crippen LogP contribution in [-0.4, -0.2) is 18.6 Å². The SMILES string of the molecule is CC(=O)c1ccc(C)cc1OCC(F)(F)F. The maximum absolute atomic E-state index is 12.0. The highest BCUT2D eigenvalue weighted by molar-refractivity contribution is 5.96.